The molecule has 0 saturated carbocycles. The fourth-order valence-corrected chi connectivity index (χ4v) is 2.02. The van der Waals surface area contributed by atoms with Crippen molar-refractivity contribution in [2.75, 3.05) is 6.61 Å². The number of rotatable bonds is 6. The van der Waals surface area contributed by atoms with Gasteiger partial charge in [0.25, 0.3) is 0 Å². The molecule has 1 heterocycles. The summed E-state index contributed by atoms with van der Waals surface area (Å²) >= 11 is 0. The second-order valence-corrected chi connectivity index (χ2v) is 4.64. The van der Waals surface area contributed by atoms with Crippen molar-refractivity contribution in [1.29, 1.82) is 0 Å². The quantitative estimate of drug-likeness (QED) is 0.803. The molecule has 0 fully saturated rings. The van der Waals surface area contributed by atoms with Crippen LogP contribution >= 0.6 is 0 Å². The van der Waals surface area contributed by atoms with Gasteiger partial charge in [-0.15, -0.1) is 0 Å². The maximum absolute atomic E-state index is 10.9. The molecule has 2 aromatic rings. The molecule has 2 rings (SSSR count). The normalized spacial score (nSPS) is 10.8. The molecule has 0 saturated heterocycles. The fraction of sp³-hybridized carbons (Fsp3) is 0.176. The number of carboxylic acids is 1. The Kier molecular flexibility index (Phi) is 5.14. The zero-order valence-corrected chi connectivity index (χ0v) is 12.3. The third kappa shape index (κ3) is 4.09. The Morgan fingerprint density at radius 3 is 2.82 bits per heavy atom. The van der Waals surface area contributed by atoms with Gasteiger partial charge in [0.2, 0.25) is 12.2 Å². The summed E-state index contributed by atoms with van der Waals surface area (Å²) in [5, 5.41) is 18.6. The van der Waals surface area contributed by atoms with Crippen molar-refractivity contribution in [2.24, 2.45) is 0 Å². The molecule has 0 spiro atoms. The van der Waals surface area contributed by atoms with Gasteiger partial charge in [0.1, 0.15) is 0 Å². The molecule has 0 bridgehead atoms. The molecule has 1 aromatic heterocycles. The highest BCUT2D eigenvalue weighted by Gasteiger charge is 2.11. The van der Waals surface area contributed by atoms with Crippen LogP contribution < -0.4 is 9.30 Å². The average molecular weight is 300 g/mol. The third-order valence-corrected chi connectivity index (χ3v) is 3.01. The van der Waals surface area contributed by atoms with Gasteiger partial charge in [-0.3, -0.25) is 0 Å². The van der Waals surface area contributed by atoms with E-state index in [2.05, 4.69) is 0 Å². The highest BCUT2D eigenvalue weighted by molar-refractivity contribution is 5.69. The Morgan fingerprint density at radius 2 is 2.09 bits per heavy atom. The average Bonchev–Trinajstić information content (AvgIpc) is 2.49. The number of aromatic nitrogens is 1. The van der Waals surface area contributed by atoms with Crippen molar-refractivity contribution in [2.45, 2.75) is 13.5 Å². The summed E-state index contributed by atoms with van der Waals surface area (Å²) in [4.78, 5) is 10.9. The number of benzene rings is 1. The Bertz CT molecular complexity index is 695. The summed E-state index contributed by atoms with van der Waals surface area (Å²) in [5.74, 6) is -0.370. The van der Waals surface area contributed by atoms with Crippen molar-refractivity contribution in [1.82, 2.24) is 0 Å². The van der Waals surface area contributed by atoms with E-state index in [0.29, 0.717) is 12.4 Å². The van der Waals surface area contributed by atoms with E-state index in [1.807, 2.05) is 31.2 Å². The molecular weight excluding hydrogens is 282 g/mol. The summed E-state index contributed by atoms with van der Waals surface area (Å²) < 4.78 is 6.98. The van der Waals surface area contributed by atoms with E-state index < -0.39 is 5.97 Å². The van der Waals surface area contributed by atoms with Crippen LogP contribution in [0.3, 0.4) is 0 Å². The molecular formula is C17H18NO4+. The van der Waals surface area contributed by atoms with Gasteiger partial charge in [-0.05, 0) is 36.8 Å². The molecule has 0 atom stereocenters. The number of phenols is 1. The molecule has 0 amide bonds. The van der Waals surface area contributed by atoms with E-state index in [-0.39, 0.29) is 12.3 Å². The maximum Gasteiger partial charge on any atom is 0.370 e. The lowest BCUT2D eigenvalue weighted by atomic mass is 10.1. The van der Waals surface area contributed by atoms with Gasteiger partial charge >= 0.3 is 5.97 Å². The number of pyridine rings is 1. The number of phenolic OH excluding ortho intramolecular Hbond substituents is 1. The van der Waals surface area contributed by atoms with Crippen molar-refractivity contribution in [3.63, 3.8) is 0 Å². The molecule has 2 N–H and O–H groups in total. The fourth-order valence-electron chi connectivity index (χ4n) is 2.02. The molecule has 5 heteroatoms. The summed E-state index contributed by atoms with van der Waals surface area (Å²) in [6, 6.07) is 10.5. The Hall–Kier alpha value is -2.82. The Balaban J connectivity index is 2.25. The summed E-state index contributed by atoms with van der Waals surface area (Å²) in [7, 11) is 0. The predicted molar refractivity (Wildman–Crippen MR) is 82.5 cm³/mol. The summed E-state index contributed by atoms with van der Waals surface area (Å²) in [5.41, 5.74) is 1.63. The van der Waals surface area contributed by atoms with Gasteiger partial charge in [0, 0.05) is 18.2 Å². The van der Waals surface area contributed by atoms with Gasteiger partial charge in [0.05, 0.1) is 6.61 Å². The lowest BCUT2D eigenvalue weighted by Gasteiger charge is -2.06. The van der Waals surface area contributed by atoms with Gasteiger partial charge in [-0.1, -0.05) is 6.07 Å². The first kappa shape index (κ1) is 15.6. The second kappa shape index (κ2) is 7.26. The zero-order valence-electron chi connectivity index (χ0n) is 12.3. The first-order valence-electron chi connectivity index (χ1n) is 6.94. The van der Waals surface area contributed by atoms with Crippen LogP contribution in [0, 0.1) is 0 Å². The molecule has 22 heavy (non-hydrogen) atoms. The SMILES string of the molecule is CCOc1cc(/C=C/c2cccc[n+]2CC(=O)O)ccc1O. The van der Waals surface area contributed by atoms with Crippen molar-refractivity contribution in [3.8, 4) is 11.5 Å². The maximum atomic E-state index is 10.9. The first-order chi connectivity index (χ1) is 10.6. The van der Waals surface area contributed by atoms with Gasteiger partial charge in [-0.2, -0.15) is 4.57 Å². The number of hydrogen-bond donors (Lipinski definition) is 2. The van der Waals surface area contributed by atoms with Crippen LogP contribution in [0.5, 0.6) is 11.5 Å². The minimum atomic E-state index is -0.894. The van der Waals surface area contributed by atoms with Gasteiger partial charge in [-0.25, -0.2) is 4.79 Å². The van der Waals surface area contributed by atoms with Crippen molar-refractivity contribution >= 4 is 18.1 Å². The number of carbonyl (C=O) groups is 1. The Morgan fingerprint density at radius 1 is 1.27 bits per heavy atom. The summed E-state index contributed by atoms with van der Waals surface area (Å²) in [6.07, 6.45) is 5.39. The largest absolute Gasteiger partial charge is 0.504 e. The number of ether oxygens (including phenoxy) is 1. The first-order valence-corrected chi connectivity index (χ1v) is 6.94. The molecule has 0 aliphatic carbocycles. The van der Waals surface area contributed by atoms with Gasteiger partial charge in [0.15, 0.2) is 17.7 Å². The van der Waals surface area contributed by atoms with E-state index in [0.717, 1.165) is 11.3 Å². The monoisotopic (exact) mass is 300 g/mol. The standard InChI is InChI=1S/C17H17NO4/c1-2-22-16-11-13(7-9-15(16)19)6-8-14-5-3-4-10-18(14)12-17(20)21/h3-11H,2,12H2,1H3,(H,20,21)/p+1. The van der Waals surface area contributed by atoms with Crippen molar-refractivity contribution in [3.05, 3.63) is 53.9 Å². The van der Waals surface area contributed by atoms with Crippen LogP contribution in [-0.4, -0.2) is 22.8 Å². The van der Waals surface area contributed by atoms with Crippen LogP contribution in [0.2, 0.25) is 0 Å². The molecule has 0 unspecified atom stereocenters. The number of aromatic hydroxyl groups is 1. The minimum Gasteiger partial charge on any atom is -0.504 e. The smallest absolute Gasteiger partial charge is 0.370 e. The lowest BCUT2D eigenvalue weighted by molar-refractivity contribution is -0.687. The van der Waals surface area contributed by atoms with Crippen LogP contribution in [0.15, 0.2) is 42.6 Å². The highest BCUT2D eigenvalue weighted by Crippen LogP contribution is 2.27. The molecule has 0 aliphatic heterocycles. The van der Waals surface area contributed by atoms with Gasteiger partial charge < -0.3 is 14.9 Å². The number of nitrogens with zero attached hydrogens (tertiary/aromatic N) is 1. The molecule has 5 nitrogen and oxygen atoms in total. The lowest BCUT2D eigenvalue weighted by Crippen LogP contribution is -2.40. The van der Waals surface area contributed by atoms with Crippen LogP contribution in [-0.2, 0) is 11.3 Å². The van der Waals surface area contributed by atoms with Crippen LogP contribution in [0.4, 0.5) is 0 Å². The topological polar surface area (TPSA) is 70.6 Å². The number of hydrogen-bond acceptors (Lipinski definition) is 3. The predicted octanol–water partition coefficient (Wildman–Crippen LogP) is 2.33. The molecule has 1 aromatic carbocycles. The molecule has 0 radical (unpaired) electrons. The number of carboxylic acid groups (broad SMARTS) is 1. The van der Waals surface area contributed by atoms with E-state index in [1.54, 1.807) is 35.0 Å². The number of aliphatic carboxylic acids is 1. The van der Waals surface area contributed by atoms with Crippen LogP contribution in [0.25, 0.3) is 12.2 Å². The van der Waals surface area contributed by atoms with E-state index in [9.17, 15) is 9.90 Å². The third-order valence-electron chi connectivity index (χ3n) is 3.01. The second-order valence-electron chi connectivity index (χ2n) is 4.64. The molecule has 114 valence electrons. The summed E-state index contributed by atoms with van der Waals surface area (Å²) in [6.45, 7) is 2.22. The minimum absolute atomic E-state index is 0.0969. The van der Waals surface area contributed by atoms with E-state index in [1.165, 1.54) is 0 Å². The van der Waals surface area contributed by atoms with E-state index in [4.69, 9.17) is 9.84 Å². The zero-order chi connectivity index (χ0) is 15.9. The van der Waals surface area contributed by atoms with Crippen molar-refractivity contribution < 1.29 is 24.3 Å². The molecule has 0 aliphatic rings. The van der Waals surface area contributed by atoms with Crippen LogP contribution in [0.1, 0.15) is 18.2 Å². The Labute approximate surface area is 128 Å². The highest BCUT2D eigenvalue weighted by atomic mass is 16.5. The van der Waals surface area contributed by atoms with E-state index >= 15 is 0 Å².